The molecular formula is C13H21ClN2O4. The normalized spacial score (nSPS) is 11.1. The van der Waals surface area contributed by atoms with Crippen molar-refractivity contribution in [2.75, 3.05) is 27.9 Å². The van der Waals surface area contributed by atoms with Crippen molar-refractivity contribution in [1.82, 2.24) is 5.32 Å². The van der Waals surface area contributed by atoms with Gasteiger partial charge in [0, 0.05) is 18.2 Å². The third kappa shape index (κ3) is 4.18. The summed E-state index contributed by atoms with van der Waals surface area (Å²) < 4.78 is 15.6. The first kappa shape index (κ1) is 18.3. The Bertz CT molecular complexity index is 429. The maximum Gasteiger partial charge on any atom is 0.251 e. The SMILES string of the molecule is COc1cc(C(=O)N[C@H](C)CN)cc(OC)c1OC.Cl. The van der Waals surface area contributed by atoms with Gasteiger partial charge in [-0.05, 0) is 19.1 Å². The van der Waals surface area contributed by atoms with Crippen molar-refractivity contribution in [3.8, 4) is 17.2 Å². The van der Waals surface area contributed by atoms with Crippen molar-refractivity contribution in [2.45, 2.75) is 13.0 Å². The van der Waals surface area contributed by atoms with Crippen LogP contribution in [-0.4, -0.2) is 39.8 Å². The minimum atomic E-state index is -0.239. The number of halogens is 1. The van der Waals surface area contributed by atoms with Gasteiger partial charge in [0.25, 0.3) is 5.91 Å². The van der Waals surface area contributed by atoms with Crippen LogP contribution in [-0.2, 0) is 0 Å². The average Bonchev–Trinajstić information content (AvgIpc) is 2.44. The minimum Gasteiger partial charge on any atom is -0.493 e. The molecule has 7 heteroatoms. The molecule has 0 saturated carbocycles. The van der Waals surface area contributed by atoms with Crippen LogP contribution in [0.5, 0.6) is 17.2 Å². The smallest absolute Gasteiger partial charge is 0.251 e. The number of hydrogen-bond acceptors (Lipinski definition) is 5. The van der Waals surface area contributed by atoms with E-state index in [2.05, 4.69) is 5.32 Å². The summed E-state index contributed by atoms with van der Waals surface area (Å²) in [7, 11) is 4.51. The first-order chi connectivity index (χ1) is 9.07. The van der Waals surface area contributed by atoms with Crippen LogP contribution in [0.2, 0.25) is 0 Å². The van der Waals surface area contributed by atoms with Crippen LogP contribution >= 0.6 is 12.4 Å². The molecule has 1 aromatic rings. The van der Waals surface area contributed by atoms with E-state index in [0.29, 0.717) is 29.4 Å². The van der Waals surface area contributed by atoms with Gasteiger partial charge in [-0.2, -0.15) is 0 Å². The summed E-state index contributed by atoms with van der Waals surface area (Å²) in [6.07, 6.45) is 0. The van der Waals surface area contributed by atoms with Gasteiger partial charge in [0.05, 0.1) is 21.3 Å². The predicted octanol–water partition coefficient (Wildman–Crippen LogP) is 1.21. The number of hydrogen-bond donors (Lipinski definition) is 2. The zero-order valence-electron chi connectivity index (χ0n) is 12.1. The zero-order chi connectivity index (χ0) is 14.4. The van der Waals surface area contributed by atoms with E-state index >= 15 is 0 Å². The van der Waals surface area contributed by atoms with Crippen molar-refractivity contribution in [3.05, 3.63) is 17.7 Å². The Balaban J connectivity index is 0.00000361. The number of rotatable bonds is 6. The van der Waals surface area contributed by atoms with E-state index in [0.717, 1.165) is 0 Å². The van der Waals surface area contributed by atoms with Gasteiger partial charge >= 0.3 is 0 Å². The van der Waals surface area contributed by atoms with Gasteiger partial charge < -0.3 is 25.3 Å². The molecule has 3 N–H and O–H groups in total. The molecule has 0 unspecified atom stereocenters. The summed E-state index contributed by atoms with van der Waals surface area (Å²) in [5.41, 5.74) is 5.90. The third-order valence-electron chi connectivity index (χ3n) is 2.66. The summed E-state index contributed by atoms with van der Waals surface area (Å²) in [6.45, 7) is 2.20. The van der Waals surface area contributed by atoms with Crippen molar-refractivity contribution in [2.24, 2.45) is 5.73 Å². The molecule has 0 aliphatic carbocycles. The van der Waals surface area contributed by atoms with Gasteiger partial charge in [-0.3, -0.25) is 4.79 Å². The van der Waals surface area contributed by atoms with Crippen molar-refractivity contribution >= 4 is 18.3 Å². The molecule has 0 spiro atoms. The van der Waals surface area contributed by atoms with Crippen LogP contribution in [0.15, 0.2) is 12.1 Å². The highest BCUT2D eigenvalue weighted by molar-refractivity contribution is 5.95. The van der Waals surface area contributed by atoms with Crippen LogP contribution < -0.4 is 25.3 Å². The van der Waals surface area contributed by atoms with Crippen LogP contribution in [0.25, 0.3) is 0 Å². The van der Waals surface area contributed by atoms with Gasteiger partial charge in [-0.25, -0.2) is 0 Å². The lowest BCUT2D eigenvalue weighted by atomic mass is 10.1. The van der Waals surface area contributed by atoms with Gasteiger partial charge in [-0.15, -0.1) is 12.4 Å². The highest BCUT2D eigenvalue weighted by atomic mass is 35.5. The first-order valence-corrected chi connectivity index (χ1v) is 5.88. The lowest BCUT2D eigenvalue weighted by molar-refractivity contribution is 0.0940. The number of carbonyl (C=O) groups is 1. The Morgan fingerprint density at radius 3 is 2.05 bits per heavy atom. The Labute approximate surface area is 125 Å². The molecule has 0 fully saturated rings. The Morgan fingerprint density at radius 2 is 1.70 bits per heavy atom. The van der Waals surface area contributed by atoms with Gasteiger partial charge in [-0.1, -0.05) is 0 Å². The molecule has 114 valence electrons. The van der Waals surface area contributed by atoms with E-state index in [1.54, 1.807) is 12.1 Å². The number of benzene rings is 1. The lowest BCUT2D eigenvalue weighted by Gasteiger charge is -2.15. The van der Waals surface area contributed by atoms with Crippen molar-refractivity contribution in [3.63, 3.8) is 0 Å². The Hall–Kier alpha value is -1.66. The Kier molecular flexibility index (Phi) is 7.79. The molecule has 20 heavy (non-hydrogen) atoms. The molecule has 0 aromatic heterocycles. The molecular weight excluding hydrogens is 284 g/mol. The van der Waals surface area contributed by atoms with Crippen LogP contribution in [0.4, 0.5) is 0 Å². The fourth-order valence-corrected chi connectivity index (χ4v) is 1.58. The summed E-state index contributed by atoms with van der Waals surface area (Å²) in [6, 6.07) is 3.09. The van der Waals surface area contributed by atoms with E-state index in [1.165, 1.54) is 21.3 Å². The number of nitrogens with one attached hydrogen (secondary N) is 1. The molecule has 0 saturated heterocycles. The van der Waals surface area contributed by atoms with Crippen molar-refractivity contribution in [1.29, 1.82) is 0 Å². The van der Waals surface area contributed by atoms with Crippen LogP contribution in [0.3, 0.4) is 0 Å². The second kappa shape index (κ2) is 8.50. The molecule has 1 aromatic carbocycles. The van der Waals surface area contributed by atoms with Gasteiger partial charge in [0.15, 0.2) is 11.5 Å². The summed E-state index contributed by atoms with van der Waals surface area (Å²) in [5.74, 6) is 1.09. The average molecular weight is 305 g/mol. The van der Waals surface area contributed by atoms with Crippen LogP contribution in [0, 0.1) is 0 Å². The second-order valence-corrected chi connectivity index (χ2v) is 4.02. The molecule has 0 aliphatic rings. The van der Waals surface area contributed by atoms with Crippen LogP contribution in [0.1, 0.15) is 17.3 Å². The molecule has 0 radical (unpaired) electrons. The summed E-state index contributed by atoms with van der Waals surface area (Å²) in [5, 5.41) is 2.77. The summed E-state index contributed by atoms with van der Waals surface area (Å²) >= 11 is 0. The van der Waals surface area contributed by atoms with E-state index in [-0.39, 0.29) is 24.4 Å². The van der Waals surface area contributed by atoms with E-state index in [9.17, 15) is 4.79 Å². The van der Waals surface area contributed by atoms with Gasteiger partial charge in [0.1, 0.15) is 0 Å². The molecule has 0 bridgehead atoms. The van der Waals surface area contributed by atoms with Gasteiger partial charge in [0.2, 0.25) is 5.75 Å². The fourth-order valence-electron chi connectivity index (χ4n) is 1.58. The van der Waals surface area contributed by atoms with E-state index in [1.807, 2.05) is 6.92 Å². The summed E-state index contributed by atoms with van der Waals surface area (Å²) in [4.78, 5) is 12.0. The highest BCUT2D eigenvalue weighted by Gasteiger charge is 2.17. The standard InChI is InChI=1S/C13H20N2O4.ClH/c1-8(7-14)15-13(16)9-5-10(17-2)12(19-4)11(6-9)18-3;/h5-6,8H,7,14H2,1-4H3,(H,15,16);1H/t8-;/m1./s1. The topological polar surface area (TPSA) is 82.8 Å². The zero-order valence-corrected chi connectivity index (χ0v) is 12.9. The lowest BCUT2D eigenvalue weighted by Crippen LogP contribution is -2.37. The highest BCUT2D eigenvalue weighted by Crippen LogP contribution is 2.38. The molecule has 6 nitrogen and oxygen atoms in total. The number of carbonyl (C=O) groups excluding carboxylic acids is 1. The quantitative estimate of drug-likeness (QED) is 0.825. The van der Waals surface area contributed by atoms with E-state index in [4.69, 9.17) is 19.9 Å². The maximum absolute atomic E-state index is 12.0. The van der Waals surface area contributed by atoms with Crippen molar-refractivity contribution < 1.29 is 19.0 Å². The molecule has 0 heterocycles. The number of amides is 1. The van der Waals surface area contributed by atoms with E-state index < -0.39 is 0 Å². The monoisotopic (exact) mass is 304 g/mol. The first-order valence-electron chi connectivity index (χ1n) is 5.88. The molecule has 1 atom stereocenters. The fraction of sp³-hybridized carbons (Fsp3) is 0.462. The largest absolute Gasteiger partial charge is 0.493 e. The minimum absolute atomic E-state index is 0. The predicted molar refractivity (Wildman–Crippen MR) is 79.3 cm³/mol. The number of methoxy groups -OCH3 is 3. The number of nitrogens with two attached hydrogens (primary N) is 1. The second-order valence-electron chi connectivity index (χ2n) is 4.02. The maximum atomic E-state index is 12.0. The third-order valence-corrected chi connectivity index (χ3v) is 2.66. The number of ether oxygens (including phenoxy) is 3. The molecule has 0 aliphatic heterocycles. The Morgan fingerprint density at radius 1 is 1.20 bits per heavy atom. The molecule has 1 rings (SSSR count). The molecule has 1 amide bonds.